The van der Waals surface area contributed by atoms with Gasteiger partial charge in [-0.05, 0) is 36.4 Å². The average Bonchev–Trinajstić information content (AvgIpc) is 3.26. The van der Waals surface area contributed by atoms with Gasteiger partial charge in [-0.25, -0.2) is 4.68 Å². The summed E-state index contributed by atoms with van der Waals surface area (Å²) >= 11 is 5.99. The average molecular weight is 449 g/mol. The lowest BCUT2D eigenvalue weighted by molar-refractivity contribution is -0.384. The van der Waals surface area contributed by atoms with E-state index in [2.05, 4.69) is 10.4 Å². The molecule has 1 heterocycles. The van der Waals surface area contributed by atoms with Gasteiger partial charge in [0.05, 0.1) is 29.1 Å². The minimum absolute atomic E-state index is 0.167. The highest BCUT2D eigenvalue weighted by Crippen LogP contribution is 2.30. The normalized spacial score (nSPS) is 10.6. The summed E-state index contributed by atoms with van der Waals surface area (Å²) in [7, 11) is 1.42. The monoisotopic (exact) mass is 448 g/mol. The first-order chi connectivity index (χ1) is 15.5. The summed E-state index contributed by atoms with van der Waals surface area (Å²) in [4.78, 5) is 23.9. The van der Waals surface area contributed by atoms with Gasteiger partial charge in [0.1, 0.15) is 11.4 Å². The van der Waals surface area contributed by atoms with Gasteiger partial charge in [0.25, 0.3) is 11.6 Å². The Morgan fingerprint density at radius 2 is 1.78 bits per heavy atom. The maximum Gasteiger partial charge on any atom is 0.274 e. The molecule has 1 N–H and O–H groups in total. The fourth-order valence-electron chi connectivity index (χ4n) is 3.16. The highest BCUT2D eigenvalue weighted by molar-refractivity contribution is 6.30. The van der Waals surface area contributed by atoms with E-state index in [1.807, 2.05) is 42.5 Å². The molecule has 1 amide bonds. The van der Waals surface area contributed by atoms with Crippen molar-refractivity contribution >= 4 is 28.9 Å². The number of para-hydroxylation sites is 1. The molecule has 3 aromatic carbocycles. The van der Waals surface area contributed by atoms with Crippen molar-refractivity contribution in [2.75, 3.05) is 12.4 Å². The van der Waals surface area contributed by atoms with Gasteiger partial charge in [0.2, 0.25) is 0 Å². The van der Waals surface area contributed by atoms with Gasteiger partial charge in [-0.3, -0.25) is 14.9 Å². The second-order valence-electron chi connectivity index (χ2n) is 6.76. The van der Waals surface area contributed by atoms with E-state index in [9.17, 15) is 14.9 Å². The van der Waals surface area contributed by atoms with Crippen molar-refractivity contribution < 1.29 is 14.5 Å². The topological polar surface area (TPSA) is 99.3 Å². The molecule has 0 unspecified atom stereocenters. The summed E-state index contributed by atoms with van der Waals surface area (Å²) in [6.07, 6.45) is 0. The number of nitro benzene ring substituents is 1. The molecular formula is C23H17ClN4O4. The standard InChI is InChI=1S/C23H17ClN4O4/c1-32-22-12-11-18(28(30)31)13-20(22)25-23(29)21-14-19(15-7-9-16(24)10-8-15)26-27(21)17-5-3-2-4-6-17/h2-14H,1H3,(H,25,29). The molecule has 0 aliphatic carbocycles. The molecule has 32 heavy (non-hydrogen) atoms. The van der Waals surface area contributed by atoms with Gasteiger partial charge in [0.15, 0.2) is 0 Å². The van der Waals surface area contributed by atoms with Gasteiger partial charge >= 0.3 is 0 Å². The Kier molecular flexibility index (Phi) is 5.87. The fourth-order valence-corrected chi connectivity index (χ4v) is 3.29. The molecule has 0 atom stereocenters. The molecule has 0 saturated heterocycles. The van der Waals surface area contributed by atoms with Gasteiger partial charge in [-0.2, -0.15) is 5.10 Å². The number of hydrogen-bond acceptors (Lipinski definition) is 5. The highest BCUT2D eigenvalue weighted by atomic mass is 35.5. The largest absolute Gasteiger partial charge is 0.495 e. The number of hydrogen-bond donors (Lipinski definition) is 1. The quantitative estimate of drug-likeness (QED) is 0.316. The van der Waals surface area contributed by atoms with Gasteiger partial charge < -0.3 is 10.1 Å². The van der Waals surface area contributed by atoms with Crippen molar-refractivity contribution in [1.29, 1.82) is 0 Å². The van der Waals surface area contributed by atoms with E-state index in [-0.39, 0.29) is 17.1 Å². The molecule has 8 nitrogen and oxygen atoms in total. The number of anilines is 1. The summed E-state index contributed by atoms with van der Waals surface area (Å²) in [5.41, 5.74) is 2.30. The van der Waals surface area contributed by atoms with E-state index >= 15 is 0 Å². The van der Waals surface area contributed by atoms with Crippen molar-refractivity contribution in [3.8, 4) is 22.7 Å². The summed E-state index contributed by atoms with van der Waals surface area (Å²) in [5, 5.41) is 19.1. The first kappa shape index (κ1) is 21.1. The minimum Gasteiger partial charge on any atom is -0.495 e. The van der Waals surface area contributed by atoms with Crippen LogP contribution in [0.1, 0.15) is 10.5 Å². The summed E-state index contributed by atoms with van der Waals surface area (Å²) in [6, 6.07) is 21.9. The number of rotatable bonds is 6. The maximum atomic E-state index is 13.2. The Labute approximate surface area is 188 Å². The van der Waals surface area contributed by atoms with E-state index in [1.165, 1.54) is 30.0 Å². The summed E-state index contributed by atoms with van der Waals surface area (Å²) < 4.78 is 6.76. The lowest BCUT2D eigenvalue weighted by atomic mass is 10.1. The fraction of sp³-hybridized carbons (Fsp3) is 0.0435. The van der Waals surface area contributed by atoms with Crippen molar-refractivity contribution in [3.05, 3.63) is 99.7 Å². The zero-order chi connectivity index (χ0) is 22.7. The zero-order valence-corrected chi connectivity index (χ0v) is 17.6. The first-order valence-corrected chi connectivity index (χ1v) is 9.89. The number of carbonyl (C=O) groups is 1. The maximum absolute atomic E-state index is 13.2. The number of aromatic nitrogens is 2. The SMILES string of the molecule is COc1ccc([N+](=O)[O-])cc1NC(=O)c1cc(-c2ccc(Cl)cc2)nn1-c1ccccc1. The number of nitro groups is 1. The molecule has 0 radical (unpaired) electrons. The number of amides is 1. The molecule has 0 bridgehead atoms. The third-order valence-electron chi connectivity index (χ3n) is 4.72. The Bertz CT molecular complexity index is 1290. The van der Waals surface area contributed by atoms with Crippen LogP contribution in [-0.2, 0) is 0 Å². The van der Waals surface area contributed by atoms with Crippen LogP contribution in [0, 0.1) is 10.1 Å². The molecule has 0 fully saturated rings. The second kappa shape index (κ2) is 8.91. The summed E-state index contributed by atoms with van der Waals surface area (Å²) in [6.45, 7) is 0. The Morgan fingerprint density at radius 3 is 2.44 bits per heavy atom. The minimum atomic E-state index is -0.540. The van der Waals surface area contributed by atoms with Crippen LogP contribution in [0.3, 0.4) is 0 Å². The van der Waals surface area contributed by atoms with Gasteiger partial charge in [-0.15, -0.1) is 0 Å². The molecule has 4 rings (SSSR count). The lowest BCUT2D eigenvalue weighted by Crippen LogP contribution is -2.17. The highest BCUT2D eigenvalue weighted by Gasteiger charge is 2.20. The van der Waals surface area contributed by atoms with Crippen LogP contribution in [0.5, 0.6) is 5.75 Å². The predicted molar refractivity (Wildman–Crippen MR) is 122 cm³/mol. The van der Waals surface area contributed by atoms with Crippen molar-refractivity contribution in [1.82, 2.24) is 9.78 Å². The van der Waals surface area contributed by atoms with E-state index in [1.54, 1.807) is 18.2 Å². The number of benzene rings is 3. The predicted octanol–water partition coefficient (Wildman–Crippen LogP) is 5.36. The molecule has 4 aromatic rings. The number of nitrogens with one attached hydrogen (secondary N) is 1. The van der Waals surface area contributed by atoms with Crippen molar-refractivity contribution in [2.45, 2.75) is 0 Å². The van der Waals surface area contributed by atoms with Crippen molar-refractivity contribution in [2.24, 2.45) is 0 Å². The zero-order valence-electron chi connectivity index (χ0n) is 16.9. The van der Waals surface area contributed by atoms with Crippen LogP contribution in [0.25, 0.3) is 16.9 Å². The Morgan fingerprint density at radius 1 is 1.06 bits per heavy atom. The van der Waals surface area contributed by atoms with E-state index in [4.69, 9.17) is 16.3 Å². The van der Waals surface area contributed by atoms with Crippen molar-refractivity contribution in [3.63, 3.8) is 0 Å². The number of nitrogens with zero attached hydrogens (tertiary/aromatic N) is 3. The van der Waals surface area contributed by atoms with Gasteiger partial charge in [-0.1, -0.05) is 41.9 Å². The summed E-state index contributed by atoms with van der Waals surface area (Å²) in [5.74, 6) is -0.201. The molecule has 9 heteroatoms. The molecular weight excluding hydrogens is 432 g/mol. The smallest absolute Gasteiger partial charge is 0.274 e. The van der Waals surface area contributed by atoms with Crippen LogP contribution in [0.15, 0.2) is 78.9 Å². The lowest BCUT2D eigenvalue weighted by Gasteiger charge is -2.11. The van der Waals surface area contributed by atoms with E-state index in [0.29, 0.717) is 22.2 Å². The Balaban J connectivity index is 1.77. The first-order valence-electron chi connectivity index (χ1n) is 9.51. The third kappa shape index (κ3) is 4.30. The molecule has 0 aliphatic heterocycles. The molecule has 160 valence electrons. The molecule has 0 saturated carbocycles. The van der Waals surface area contributed by atoms with Crippen LogP contribution in [0.4, 0.5) is 11.4 Å². The molecule has 1 aromatic heterocycles. The number of ether oxygens (including phenoxy) is 1. The number of carbonyl (C=O) groups excluding carboxylic acids is 1. The number of halogens is 1. The van der Waals surface area contributed by atoms with Crippen LogP contribution < -0.4 is 10.1 Å². The van der Waals surface area contributed by atoms with Crippen LogP contribution in [-0.4, -0.2) is 27.7 Å². The second-order valence-corrected chi connectivity index (χ2v) is 7.20. The van der Waals surface area contributed by atoms with E-state index < -0.39 is 10.8 Å². The number of methoxy groups -OCH3 is 1. The van der Waals surface area contributed by atoms with Crippen LogP contribution >= 0.6 is 11.6 Å². The van der Waals surface area contributed by atoms with Gasteiger partial charge in [0, 0.05) is 22.7 Å². The van der Waals surface area contributed by atoms with E-state index in [0.717, 1.165) is 5.56 Å². The molecule has 0 spiro atoms. The third-order valence-corrected chi connectivity index (χ3v) is 4.98. The molecule has 0 aliphatic rings. The number of non-ortho nitro benzene ring substituents is 1. The van der Waals surface area contributed by atoms with Crippen LogP contribution in [0.2, 0.25) is 5.02 Å². The Hall–Kier alpha value is -4.17.